The molecule has 4 rings (SSSR count). The SMILES string of the molecule is O=C(Nc1cc(N2CCCC2)ncn1)c1ccc2nsnc2c1. The number of hydrogen-bond donors (Lipinski definition) is 1. The Morgan fingerprint density at radius 2 is 1.91 bits per heavy atom. The maximum absolute atomic E-state index is 12.4. The zero-order valence-electron chi connectivity index (χ0n) is 12.3. The van der Waals surface area contributed by atoms with Crippen molar-refractivity contribution in [2.75, 3.05) is 23.3 Å². The largest absolute Gasteiger partial charge is 0.356 e. The summed E-state index contributed by atoms with van der Waals surface area (Å²) in [7, 11) is 0. The van der Waals surface area contributed by atoms with Crippen LogP contribution in [0.2, 0.25) is 0 Å². The molecule has 116 valence electrons. The summed E-state index contributed by atoms with van der Waals surface area (Å²) in [6.07, 6.45) is 3.83. The Labute approximate surface area is 136 Å². The molecule has 3 heterocycles. The van der Waals surface area contributed by atoms with Crippen molar-refractivity contribution in [3.05, 3.63) is 36.2 Å². The first-order chi connectivity index (χ1) is 11.3. The van der Waals surface area contributed by atoms with Crippen molar-refractivity contribution >= 4 is 40.3 Å². The lowest BCUT2D eigenvalue weighted by molar-refractivity contribution is 0.102. The van der Waals surface area contributed by atoms with E-state index in [1.54, 1.807) is 18.2 Å². The van der Waals surface area contributed by atoms with Crippen molar-refractivity contribution in [1.82, 2.24) is 18.7 Å². The summed E-state index contributed by atoms with van der Waals surface area (Å²) in [4.78, 5) is 23.0. The summed E-state index contributed by atoms with van der Waals surface area (Å²) in [6, 6.07) is 7.08. The van der Waals surface area contributed by atoms with Gasteiger partial charge in [-0.25, -0.2) is 9.97 Å². The first kappa shape index (κ1) is 14.0. The number of rotatable bonds is 3. The van der Waals surface area contributed by atoms with E-state index >= 15 is 0 Å². The van der Waals surface area contributed by atoms with Crippen LogP contribution in [0, 0.1) is 0 Å². The second kappa shape index (κ2) is 5.88. The van der Waals surface area contributed by atoms with Crippen LogP contribution in [0.15, 0.2) is 30.6 Å². The summed E-state index contributed by atoms with van der Waals surface area (Å²) in [6.45, 7) is 2.00. The van der Waals surface area contributed by atoms with Gasteiger partial charge in [0.25, 0.3) is 5.91 Å². The number of nitrogens with one attached hydrogen (secondary N) is 1. The molecule has 0 aliphatic carbocycles. The molecule has 0 unspecified atom stereocenters. The van der Waals surface area contributed by atoms with Crippen LogP contribution in [-0.2, 0) is 0 Å². The molecule has 1 aliphatic heterocycles. The van der Waals surface area contributed by atoms with Gasteiger partial charge >= 0.3 is 0 Å². The van der Waals surface area contributed by atoms with Crippen LogP contribution >= 0.6 is 11.7 Å². The molecule has 0 saturated carbocycles. The van der Waals surface area contributed by atoms with Crippen molar-refractivity contribution in [3.8, 4) is 0 Å². The molecule has 3 aromatic rings. The molecule has 0 radical (unpaired) electrons. The highest BCUT2D eigenvalue weighted by molar-refractivity contribution is 7.00. The van der Waals surface area contributed by atoms with Crippen LogP contribution in [0.3, 0.4) is 0 Å². The number of aromatic nitrogens is 4. The summed E-state index contributed by atoms with van der Waals surface area (Å²) in [5.41, 5.74) is 2.06. The summed E-state index contributed by atoms with van der Waals surface area (Å²) in [5.74, 6) is 1.14. The lowest BCUT2D eigenvalue weighted by Gasteiger charge is -2.16. The summed E-state index contributed by atoms with van der Waals surface area (Å²) >= 11 is 1.14. The maximum Gasteiger partial charge on any atom is 0.256 e. The molecule has 0 atom stereocenters. The number of carbonyl (C=O) groups excluding carboxylic acids is 1. The number of benzene rings is 1. The van der Waals surface area contributed by atoms with Gasteiger partial charge in [-0.1, -0.05) is 0 Å². The monoisotopic (exact) mass is 326 g/mol. The summed E-state index contributed by atoms with van der Waals surface area (Å²) < 4.78 is 8.29. The van der Waals surface area contributed by atoms with Crippen LogP contribution in [-0.4, -0.2) is 37.7 Å². The second-order valence-electron chi connectivity index (χ2n) is 5.38. The average Bonchev–Trinajstić information content (AvgIpc) is 3.26. The molecule has 7 nitrogen and oxygen atoms in total. The number of anilines is 2. The molecule has 1 saturated heterocycles. The van der Waals surface area contributed by atoms with Gasteiger partial charge in [0.05, 0.1) is 11.7 Å². The molecule has 1 fully saturated rings. The minimum atomic E-state index is -0.217. The second-order valence-corrected chi connectivity index (χ2v) is 5.91. The fourth-order valence-electron chi connectivity index (χ4n) is 2.65. The third-order valence-electron chi connectivity index (χ3n) is 3.84. The fourth-order valence-corrected chi connectivity index (χ4v) is 3.16. The van der Waals surface area contributed by atoms with Gasteiger partial charge in [-0.05, 0) is 31.0 Å². The Bertz CT molecular complexity index is 858. The van der Waals surface area contributed by atoms with Gasteiger partial charge in [0, 0.05) is 24.7 Å². The minimum Gasteiger partial charge on any atom is -0.356 e. The Kier molecular flexibility index (Phi) is 3.58. The third kappa shape index (κ3) is 2.85. The van der Waals surface area contributed by atoms with E-state index in [1.165, 1.54) is 19.2 Å². The van der Waals surface area contributed by atoms with E-state index in [0.29, 0.717) is 11.4 Å². The zero-order chi connectivity index (χ0) is 15.6. The van der Waals surface area contributed by atoms with Gasteiger partial charge in [0.2, 0.25) is 0 Å². The highest BCUT2D eigenvalue weighted by atomic mass is 32.1. The van der Waals surface area contributed by atoms with E-state index in [-0.39, 0.29) is 5.91 Å². The Morgan fingerprint density at radius 3 is 2.78 bits per heavy atom. The molecule has 2 aromatic heterocycles. The number of fused-ring (bicyclic) bond motifs is 1. The normalized spacial score (nSPS) is 14.3. The highest BCUT2D eigenvalue weighted by Gasteiger charge is 2.15. The van der Waals surface area contributed by atoms with E-state index in [9.17, 15) is 4.79 Å². The number of carbonyl (C=O) groups is 1. The quantitative estimate of drug-likeness (QED) is 0.795. The number of amides is 1. The molecule has 8 heteroatoms. The van der Waals surface area contributed by atoms with E-state index in [0.717, 1.165) is 41.7 Å². The topological polar surface area (TPSA) is 83.9 Å². The van der Waals surface area contributed by atoms with Crippen LogP contribution in [0.1, 0.15) is 23.2 Å². The minimum absolute atomic E-state index is 0.217. The average molecular weight is 326 g/mol. The Balaban J connectivity index is 1.54. The van der Waals surface area contributed by atoms with Crippen LogP contribution in [0.5, 0.6) is 0 Å². The van der Waals surface area contributed by atoms with Crippen molar-refractivity contribution < 1.29 is 4.79 Å². The van der Waals surface area contributed by atoms with E-state index in [4.69, 9.17) is 0 Å². The van der Waals surface area contributed by atoms with Gasteiger partial charge in [0.15, 0.2) is 0 Å². The first-order valence-electron chi connectivity index (χ1n) is 7.40. The van der Waals surface area contributed by atoms with Gasteiger partial charge in [0.1, 0.15) is 29.0 Å². The zero-order valence-corrected chi connectivity index (χ0v) is 13.1. The molecular formula is C15H14N6OS. The van der Waals surface area contributed by atoms with E-state index in [2.05, 4.69) is 28.9 Å². The van der Waals surface area contributed by atoms with Crippen molar-refractivity contribution in [3.63, 3.8) is 0 Å². The lowest BCUT2D eigenvalue weighted by atomic mass is 10.2. The molecule has 1 aliphatic rings. The van der Waals surface area contributed by atoms with Crippen molar-refractivity contribution in [1.29, 1.82) is 0 Å². The molecular weight excluding hydrogens is 312 g/mol. The molecule has 0 bridgehead atoms. The van der Waals surface area contributed by atoms with Gasteiger partial charge < -0.3 is 10.2 Å². The fraction of sp³-hybridized carbons (Fsp3) is 0.267. The molecule has 23 heavy (non-hydrogen) atoms. The molecule has 0 spiro atoms. The van der Waals surface area contributed by atoms with Gasteiger partial charge in [-0.3, -0.25) is 4.79 Å². The molecule has 1 N–H and O–H groups in total. The highest BCUT2D eigenvalue weighted by Crippen LogP contribution is 2.20. The lowest BCUT2D eigenvalue weighted by Crippen LogP contribution is -2.20. The smallest absolute Gasteiger partial charge is 0.256 e. The Morgan fingerprint density at radius 1 is 1.09 bits per heavy atom. The van der Waals surface area contributed by atoms with Crippen molar-refractivity contribution in [2.24, 2.45) is 0 Å². The van der Waals surface area contributed by atoms with Crippen LogP contribution in [0.4, 0.5) is 11.6 Å². The Hall–Kier alpha value is -2.61. The van der Waals surface area contributed by atoms with Gasteiger partial charge in [-0.2, -0.15) is 8.75 Å². The van der Waals surface area contributed by atoms with Crippen LogP contribution in [0.25, 0.3) is 11.0 Å². The number of nitrogens with zero attached hydrogens (tertiary/aromatic N) is 5. The first-order valence-corrected chi connectivity index (χ1v) is 8.13. The van der Waals surface area contributed by atoms with E-state index in [1.807, 2.05) is 6.07 Å². The summed E-state index contributed by atoms with van der Waals surface area (Å²) in [5, 5.41) is 2.82. The van der Waals surface area contributed by atoms with Crippen LogP contribution < -0.4 is 10.2 Å². The molecule has 1 aromatic carbocycles. The van der Waals surface area contributed by atoms with E-state index < -0.39 is 0 Å². The van der Waals surface area contributed by atoms with Crippen molar-refractivity contribution in [2.45, 2.75) is 12.8 Å². The predicted octanol–water partition coefficient (Wildman–Crippen LogP) is 2.33. The predicted molar refractivity (Wildman–Crippen MR) is 88.8 cm³/mol. The number of hydrogen-bond acceptors (Lipinski definition) is 7. The maximum atomic E-state index is 12.4. The van der Waals surface area contributed by atoms with Gasteiger partial charge in [-0.15, -0.1) is 0 Å². The standard InChI is InChI=1S/C15H14N6OS/c22-15(10-3-4-11-12(7-10)20-23-19-11)18-13-8-14(17-9-16-13)21-5-1-2-6-21/h3-4,7-9H,1-2,5-6H2,(H,16,17,18,22). The third-order valence-corrected chi connectivity index (χ3v) is 4.40. The molecule has 1 amide bonds.